The number of nitrogens with zero attached hydrogens (tertiary/aromatic N) is 2. The van der Waals surface area contributed by atoms with Gasteiger partial charge in [-0.05, 0) is 18.2 Å². The number of Topliss-reactive ketones (excluding diaryl/α,β-unsaturated/α-hetero) is 1. The van der Waals surface area contributed by atoms with E-state index >= 15 is 0 Å². The fraction of sp³-hybridized carbons (Fsp3) is 0.200. The number of hydrogen-bond acceptors (Lipinski definition) is 3. The van der Waals surface area contributed by atoms with E-state index in [4.69, 9.17) is 5.26 Å². The van der Waals surface area contributed by atoms with Crippen LogP contribution in [0.1, 0.15) is 16.1 Å². The van der Waals surface area contributed by atoms with Crippen molar-refractivity contribution in [3.05, 3.63) is 47.0 Å². The smallest absolute Gasteiger partial charge is 0.382 e. The Morgan fingerprint density at radius 3 is 2.52 bits per heavy atom. The molecule has 1 aromatic carbocycles. The predicted molar refractivity (Wildman–Crippen MR) is 75.0 cm³/mol. The van der Waals surface area contributed by atoms with Gasteiger partial charge in [-0.1, -0.05) is 0 Å². The van der Waals surface area contributed by atoms with Crippen molar-refractivity contribution in [3.8, 4) is 6.07 Å². The van der Waals surface area contributed by atoms with Crippen molar-refractivity contribution in [1.82, 2.24) is 9.88 Å². The van der Waals surface area contributed by atoms with Gasteiger partial charge in [-0.2, -0.15) is 18.4 Å². The number of ketones is 1. The van der Waals surface area contributed by atoms with Gasteiger partial charge in [0, 0.05) is 31.2 Å². The Morgan fingerprint density at radius 1 is 1.35 bits per heavy atom. The van der Waals surface area contributed by atoms with Gasteiger partial charge in [0.1, 0.15) is 23.0 Å². The molecule has 0 unspecified atom stereocenters. The molecule has 8 heteroatoms. The van der Waals surface area contributed by atoms with Crippen LogP contribution in [0.5, 0.6) is 0 Å². The number of nitrogens with one attached hydrogen (secondary N) is 1. The molecule has 0 saturated carbocycles. The Balaban J connectivity index is 2.62. The first-order chi connectivity index (χ1) is 10.6. The highest BCUT2D eigenvalue weighted by molar-refractivity contribution is 6.12. The number of H-pyrrole nitrogens is 1. The number of hydrogen-bond donors (Lipinski definition) is 1. The van der Waals surface area contributed by atoms with Crippen LogP contribution in [0.25, 0.3) is 10.9 Å². The SMILES string of the molecule is CN(C)/C=C(\C#N)C(=O)c1cc2c(C(F)(F)F)c(F)ccc2[nH]1. The molecule has 0 aliphatic carbocycles. The number of carbonyl (C=O) groups is 1. The maximum absolute atomic E-state index is 13.5. The molecular formula is C15H11F4N3O. The molecule has 0 amide bonds. The molecule has 2 aromatic rings. The lowest BCUT2D eigenvalue weighted by Gasteiger charge is -2.08. The van der Waals surface area contributed by atoms with Gasteiger partial charge in [0.25, 0.3) is 0 Å². The standard InChI is InChI=1S/C15H11F4N3O/c1-22(2)7-8(6-20)14(23)12-5-9-11(21-12)4-3-10(16)13(9)15(17,18)19/h3-5,7,21H,1-2H3/b8-7+. The fourth-order valence-electron chi connectivity index (χ4n) is 2.13. The minimum Gasteiger partial charge on any atom is -0.382 e. The van der Waals surface area contributed by atoms with E-state index in [1.807, 2.05) is 0 Å². The molecule has 0 atom stereocenters. The zero-order valence-electron chi connectivity index (χ0n) is 12.1. The minimum atomic E-state index is -4.90. The van der Waals surface area contributed by atoms with E-state index in [0.717, 1.165) is 12.1 Å². The monoisotopic (exact) mass is 325 g/mol. The molecule has 1 heterocycles. The molecule has 0 bridgehead atoms. The zero-order chi connectivity index (χ0) is 17.4. The maximum Gasteiger partial charge on any atom is 0.419 e. The van der Waals surface area contributed by atoms with Crippen LogP contribution >= 0.6 is 0 Å². The second kappa shape index (κ2) is 5.76. The average molecular weight is 325 g/mol. The lowest BCUT2D eigenvalue weighted by atomic mass is 10.1. The van der Waals surface area contributed by atoms with Gasteiger partial charge >= 0.3 is 6.18 Å². The van der Waals surface area contributed by atoms with Gasteiger partial charge in [-0.15, -0.1) is 0 Å². The fourth-order valence-corrected chi connectivity index (χ4v) is 2.13. The number of halogens is 4. The predicted octanol–water partition coefficient (Wildman–Crippen LogP) is 3.48. The van der Waals surface area contributed by atoms with Gasteiger partial charge in [-0.25, -0.2) is 4.39 Å². The molecule has 0 fully saturated rings. The molecule has 1 aromatic heterocycles. The summed E-state index contributed by atoms with van der Waals surface area (Å²) in [5.41, 5.74) is -1.95. The summed E-state index contributed by atoms with van der Waals surface area (Å²) in [6.45, 7) is 0. The Bertz CT molecular complexity index is 841. The van der Waals surface area contributed by atoms with Crippen LogP contribution in [-0.2, 0) is 6.18 Å². The summed E-state index contributed by atoms with van der Waals surface area (Å²) >= 11 is 0. The quantitative estimate of drug-likeness (QED) is 0.407. The summed E-state index contributed by atoms with van der Waals surface area (Å²) in [5.74, 6) is -2.20. The molecule has 0 saturated heterocycles. The van der Waals surface area contributed by atoms with E-state index in [2.05, 4.69) is 4.98 Å². The van der Waals surface area contributed by atoms with Gasteiger partial charge in [-0.3, -0.25) is 4.79 Å². The zero-order valence-corrected chi connectivity index (χ0v) is 12.1. The highest BCUT2D eigenvalue weighted by Crippen LogP contribution is 2.37. The number of aromatic nitrogens is 1. The van der Waals surface area contributed by atoms with E-state index in [-0.39, 0.29) is 16.8 Å². The number of allylic oxidation sites excluding steroid dienone is 1. The normalized spacial score (nSPS) is 12.3. The molecule has 4 nitrogen and oxygen atoms in total. The van der Waals surface area contributed by atoms with Crippen LogP contribution < -0.4 is 0 Å². The van der Waals surface area contributed by atoms with Crippen molar-refractivity contribution < 1.29 is 22.4 Å². The largest absolute Gasteiger partial charge is 0.419 e. The molecule has 0 aliphatic heterocycles. The van der Waals surface area contributed by atoms with Crippen LogP contribution in [0.3, 0.4) is 0 Å². The molecule has 120 valence electrons. The van der Waals surface area contributed by atoms with Crippen molar-refractivity contribution in [2.24, 2.45) is 0 Å². The number of alkyl halides is 3. The Morgan fingerprint density at radius 2 is 2.00 bits per heavy atom. The molecule has 0 radical (unpaired) electrons. The lowest BCUT2D eigenvalue weighted by molar-refractivity contribution is -0.138. The molecule has 23 heavy (non-hydrogen) atoms. The van der Waals surface area contributed by atoms with Crippen LogP contribution in [0.15, 0.2) is 30.0 Å². The summed E-state index contributed by atoms with van der Waals surface area (Å²) < 4.78 is 52.5. The third-order valence-electron chi connectivity index (χ3n) is 3.03. The van der Waals surface area contributed by atoms with E-state index in [9.17, 15) is 22.4 Å². The molecular weight excluding hydrogens is 314 g/mol. The Kier molecular flexibility index (Phi) is 4.14. The number of carbonyl (C=O) groups excluding carboxylic acids is 1. The van der Waals surface area contributed by atoms with Crippen molar-refractivity contribution in [2.45, 2.75) is 6.18 Å². The van der Waals surface area contributed by atoms with Gasteiger partial charge in [0.2, 0.25) is 5.78 Å². The van der Waals surface area contributed by atoms with E-state index in [1.54, 1.807) is 20.2 Å². The van der Waals surface area contributed by atoms with Crippen LogP contribution in [0.4, 0.5) is 17.6 Å². The molecule has 0 spiro atoms. The van der Waals surface area contributed by atoms with Crippen molar-refractivity contribution in [1.29, 1.82) is 5.26 Å². The number of fused-ring (bicyclic) bond motifs is 1. The third-order valence-corrected chi connectivity index (χ3v) is 3.03. The number of benzene rings is 1. The van der Waals surface area contributed by atoms with Crippen LogP contribution in [-0.4, -0.2) is 29.8 Å². The lowest BCUT2D eigenvalue weighted by Crippen LogP contribution is -2.09. The summed E-state index contributed by atoms with van der Waals surface area (Å²) in [4.78, 5) is 16.2. The molecule has 0 aliphatic rings. The average Bonchev–Trinajstić information content (AvgIpc) is 2.85. The Labute approximate surface area is 128 Å². The first kappa shape index (κ1) is 16.5. The molecule has 1 N–H and O–H groups in total. The van der Waals surface area contributed by atoms with Crippen LogP contribution in [0.2, 0.25) is 0 Å². The second-order valence-corrected chi connectivity index (χ2v) is 5.01. The van der Waals surface area contributed by atoms with Crippen molar-refractivity contribution >= 4 is 16.7 Å². The number of rotatable bonds is 3. The van der Waals surface area contributed by atoms with Crippen LogP contribution in [0, 0.1) is 17.1 Å². The van der Waals surface area contributed by atoms with Gasteiger partial charge in [0.15, 0.2) is 0 Å². The highest BCUT2D eigenvalue weighted by Gasteiger charge is 2.36. The summed E-state index contributed by atoms with van der Waals surface area (Å²) in [5, 5.41) is 8.53. The van der Waals surface area contributed by atoms with Gasteiger partial charge in [0.05, 0.1) is 5.69 Å². The summed E-state index contributed by atoms with van der Waals surface area (Å²) in [6, 6.07) is 4.38. The number of aromatic amines is 1. The maximum atomic E-state index is 13.5. The first-order valence-electron chi connectivity index (χ1n) is 6.36. The minimum absolute atomic E-state index is 0.0378. The van der Waals surface area contributed by atoms with Crippen molar-refractivity contribution in [2.75, 3.05) is 14.1 Å². The first-order valence-corrected chi connectivity index (χ1v) is 6.36. The number of nitriles is 1. The topological polar surface area (TPSA) is 59.9 Å². The third kappa shape index (κ3) is 3.18. The highest BCUT2D eigenvalue weighted by atomic mass is 19.4. The summed E-state index contributed by atoms with van der Waals surface area (Å²) in [6.07, 6.45) is -3.65. The van der Waals surface area contributed by atoms with E-state index < -0.39 is 28.7 Å². The van der Waals surface area contributed by atoms with Crippen molar-refractivity contribution in [3.63, 3.8) is 0 Å². The molecule has 2 rings (SSSR count). The van der Waals surface area contributed by atoms with E-state index in [1.165, 1.54) is 11.1 Å². The Hall–Kier alpha value is -2.82. The summed E-state index contributed by atoms with van der Waals surface area (Å²) in [7, 11) is 3.18. The van der Waals surface area contributed by atoms with E-state index in [0.29, 0.717) is 6.07 Å². The van der Waals surface area contributed by atoms with Gasteiger partial charge < -0.3 is 9.88 Å². The second-order valence-electron chi connectivity index (χ2n) is 5.01.